The maximum atomic E-state index is 17.0. The van der Waals surface area contributed by atoms with E-state index in [0.29, 0.717) is 84.2 Å². The molecular formula is C36H42F3N5O4. The zero-order valence-corrected chi connectivity index (χ0v) is 27.7. The number of anilines is 1. The summed E-state index contributed by atoms with van der Waals surface area (Å²) in [5, 5.41) is 12.5. The standard InChI is InChI=1S/C36H42F3N5O4/c1-4-25-28(38)8-7-22-15-24(48-21-46-3)16-26(29(22)25)31-30(39)32-27(17-40-31)33(43-13-5-10-35(2,45)19-43)42-34(41-32)47-20-36-11-6-14-44(36)18-23(37)9-12-36/h7-8,15-17,23,45H,4-6,9-14,18-21H2,1-3H3/t23-,35-,36+/m1/s1. The average Bonchev–Trinajstić information content (AvgIpc) is 3.49. The van der Waals surface area contributed by atoms with Crippen molar-refractivity contribution in [1.29, 1.82) is 0 Å². The van der Waals surface area contributed by atoms with Crippen LogP contribution in [0.1, 0.15) is 57.9 Å². The normalized spacial score (nSPS) is 24.7. The van der Waals surface area contributed by atoms with Crippen LogP contribution < -0.4 is 14.4 Å². The van der Waals surface area contributed by atoms with Crippen LogP contribution in [0.25, 0.3) is 32.9 Å². The van der Waals surface area contributed by atoms with Crippen molar-refractivity contribution in [2.45, 2.75) is 76.1 Å². The van der Waals surface area contributed by atoms with Crippen molar-refractivity contribution in [3.8, 4) is 23.0 Å². The fourth-order valence-corrected chi connectivity index (χ4v) is 7.90. The minimum Gasteiger partial charge on any atom is -0.468 e. The quantitative estimate of drug-likeness (QED) is 0.205. The third-order valence-corrected chi connectivity index (χ3v) is 10.3. The maximum absolute atomic E-state index is 17.0. The van der Waals surface area contributed by atoms with Gasteiger partial charge in [0.25, 0.3) is 0 Å². The van der Waals surface area contributed by atoms with Crippen LogP contribution in [0.5, 0.6) is 11.8 Å². The van der Waals surface area contributed by atoms with Gasteiger partial charge in [-0.15, -0.1) is 0 Å². The Labute approximate surface area is 278 Å². The maximum Gasteiger partial charge on any atom is 0.319 e. The number of pyridine rings is 1. The summed E-state index contributed by atoms with van der Waals surface area (Å²) in [6.07, 6.45) is 5.37. The number of benzene rings is 2. The smallest absolute Gasteiger partial charge is 0.319 e. The second-order valence-electron chi connectivity index (χ2n) is 13.7. The average molecular weight is 666 g/mol. The van der Waals surface area contributed by atoms with Crippen molar-refractivity contribution in [3.05, 3.63) is 47.7 Å². The van der Waals surface area contributed by atoms with Gasteiger partial charge in [-0.3, -0.25) is 9.88 Å². The van der Waals surface area contributed by atoms with Crippen molar-refractivity contribution in [2.75, 3.05) is 51.6 Å². The fraction of sp³-hybridized carbons (Fsp3) is 0.528. The summed E-state index contributed by atoms with van der Waals surface area (Å²) in [6, 6.07) is 6.46. The first kappa shape index (κ1) is 32.8. The molecule has 48 heavy (non-hydrogen) atoms. The number of hydrogen-bond donors (Lipinski definition) is 1. The lowest BCUT2D eigenvalue weighted by molar-refractivity contribution is 0.00644. The Balaban J connectivity index is 1.37. The molecular weight excluding hydrogens is 623 g/mol. The third-order valence-electron chi connectivity index (χ3n) is 10.3. The van der Waals surface area contributed by atoms with Crippen LogP contribution in [0.2, 0.25) is 0 Å². The summed E-state index contributed by atoms with van der Waals surface area (Å²) < 4.78 is 63.7. The van der Waals surface area contributed by atoms with Crippen LogP contribution in [0, 0.1) is 11.6 Å². The zero-order chi connectivity index (χ0) is 33.6. The van der Waals surface area contributed by atoms with Crippen molar-refractivity contribution in [2.24, 2.45) is 0 Å². The molecule has 2 aromatic heterocycles. The number of halogens is 3. The van der Waals surface area contributed by atoms with E-state index in [0.717, 1.165) is 25.8 Å². The van der Waals surface area contributed by atoms with Gasteiger partial charge in [-0.1, -0.05) is 13.0 Å². The van der Waals surface area contributed by atoms with Gasteiger partial charge in [-0.2, -0.15) is 9.97 Å². The molecule has 2 aromatic carbocycles. The zero-order valence-electron chi connectivity index (χ0n) is 27.7. The molecule has 0 unspecified atom stereocenters. The van der Waals surface area contributed by atoms with Gasteiger partial charge in [-0.05, 0) is 92.9 Å². The number of piperidine rings is 2. The predicted molar refractivity (Wildman–Crippen MR) is 177 cm³/mol. The monoisotopic (exact) mass is 665 g/mol. The molecule has 256 valence electrons. The van der Waals surface area contributed by atoms with Crippen LogP contribution >= 0.6 is 0 Å². The minimum absolute atomic E-state index is 0.00396. The van der Waals surface area contributed by atoms with Gasteiger partial charge in [0.05, 0.1) is 16.5 Å². The van der Waals surface area contributed by atoms with Crippen molar-refractivity contribution in [1.82, 2.24) is 19.9 Å². The molecule has 7 rings (SSSR count). The first-order chi connectivity index (χ1) is 23.1. The highest BCUT2D eigenvalue weighted by atomic mass is 19.1. The Morgan fingerprint density at radius 1 is 1.06 bits per heavy atom. The van der Waals surface area contributed by atoms with Crippen LogP contribution in [-0.4, -0.2) is 89.0 Å². The lowest BCUT2D eigenvalue weighted by atomic mass is 9.86. The SMILES string of the molecule is CCc1c(F)ccc2cc(OCOC)cc(-c3ncc4c(N5CCC[C@@](C)(O)C5)nc(OC[C@@]56CCCN5C[C@H](F)CC6)nc4c3F)c12. The number of aliphatic hydroxyl groups is 1. The molecule has 3 aliphatic rings. The van der Waals surface area contributed by atoms with E-state index in [-0.39, 0.29) is 36.2 Å². The minimum atomic E-state index is -0.959. The van der Waals surface area contributed by atoms with Gasteiger partial charge in [0, 0.05) is 38.5 Å². The first-order valence-electron chi connectivity index (χ1n) is 16.8. The van der Waals surface area contributed by atoms with Crippen LogP contribution in [0.3, 0.4) is 0 Å². The van der Waals surface area contributed by atoms with Crippen molar-refractivity contribution >= 4 is 27.5 Å². The summed E-state index contributed by atoms with van der Waals surface area (Å²) in [7, 11) is 1.51. The Morgan fingerprint density at radius 3 is 2.69 bits per heavy atom. The summed E-state index contributed by atoms with van der Waals surface area (Å²) in [5.41, 5.74) is -0.489. The van der Waals surface area contributed by atoms with E-state index >= 15 is 8.78 Å². The molecule has 3 aliphatic heterocycles. The first-order valence-corrected chi connectivity index (χ1v) is 16.8. The van der Waals surface area contributed by atoms with Gasteiger partial charge in [0.1, 0.15) is 41.4 Å². The summed E-state index contributed by atoms with van der Waals surface area (Å²) in [6.45, 7) is 5.93. The summed E-state index contributed by atoms with van der Waals surface area (Å²) in [4.78, 5) is 18.1. The Hall–Kier alpha value is -3.74. The molecule has 0 bridgehead atoms. The molecule has 3 saturated heterocycles. The number of nitrogens with zero attached hydrogens (tertiary/aromatic N) is 5. The van der Waals surface area contributed by atoms with E-state index < -0.39 is 23.4 Å². The third kappa shape index (κ3) is 6.03. The number of β-amino-alcohol motifs (C(OH)–C–C–N with tert-alkyl or cyclic N) is 1. The Bertz CT molecular complexity index is 1840. The molecule has 0 amide bonds. The predicted octanol–water partition coefficient (Wildman–Crippen LogP) is 6.36. The lowest BCUT2D eigenvalue weighted by Crippen LogP contribution is -2.54. The molecule has 0 spiro atoms. The van der Waals surface area contributed by atoms with E-state index in [9.17, 15) is 9.50 Å². The number of aromatic nitrogens is 3. The van der Waals surface area contributed by atoms with Crippen LogP contribution in [0.15, 0.2) is 30.5 Å². The second-order valence-corrected chi connectivity index (χ2v) is 13.7. The van der Waals surface area contributed by atoms with E-state index in [1.807, 2.05) is 11.8 Å². The van der Waals surface area contributed by atoms with Crippen molar-refractivity contribution in [3.63, 3.8) is 0 Å². The number of rotatable bonds is 9. The van der Waals surface area contributed by atoms with Crippen LogP contribution in [0.4, 0.5) is 19.0 Å². The Kier molecular flexibility index (Phi) is 8.84. The van der Waals surface area contributed by atoms with E-state index in [1.165, 1.54) is 19.4 Å². The molecule has 0 radical (unpaired) electrons. The lowest BCUT2D eigenvalue weighted by Gasteiger charge is -2.43. The second kappa shape index (κ2) is 12.9. The number of fused-ring (bicyclic) bond motifs is 3. The number of methoxy groups -OCH3 is 1. The van der Waals surface area contributed by atoms with Crippen LogP contribution in [-0.2, 0) is 11.2 Å². The summed E-state index contributed by atoms with van der Waals surface area (Å²) >= 11 is 0. The molecule has 4 aromatic rings. The molecule has 5 heterocycles. The number of alkyl halides is 1. The highest BCUT2D eigenvalue weighted by Gasteiger charge is 2.46. The molecule has 3 fully saturated rings. The van der Waals surface area contributed by atoms with Gasteiger partial charge in [-0.25, -0.2) is 13.2 Å². The van der Waals surface area contributed by atoms with Gasteiger partial charge < -0.3 is 24.2 Å². The number of hydrogen-bond acceptors (Lipinski definition) is 9. The van der Waals surface area contributed by atoms with E-state index in [4.69, 9.17) is 19.2 Å². The van der Waals surface area contributed by atoms with Gasteiger partial charge in [0.2, 0.25) is 0 Å². The Morgan fingerprint density at radius 2 is 1.90 bits per heavy atom. The van der Waals surface area contributed by atoms with Gasteiger partial charge in [0.15, 0.2) is 12.6 Å². The molecule has 1 N–H and O–H groups in total. The highest BCUT2D eigenvalue weighted by molar-refractivity contribution is 6.01. The van der Waals surface area contributed by atoms with E-state index in [2.05, 4.69) is 14.9 Å². The van der Waals surface area contributed by atoms with Gasteiger partial charge >= 0.3 is 6.01 Å². The van der Waals surface area contributed by atoms with E-state index in [1.54, 1.807) is 25.1 Å². The van der Waals surface area contributed by atoms with Crippen molar-refractivity contribution < 1.29 is 32.5 Å². The summed E-state index contributed by atoms with van der Waals surface area (Å²) in [5.74, 6) is -0.262. The largest absolute Gasteiger partial charge is 0.468 e. The topological polar surface area (TPSA) is 93.1 Å². The molecule has 9 nitrogen and oxygen atoms in total. The fourth-order valence-electron chi connectivity index (χ4n) is 7.90. The molecule has 0 aliphatic carbocycles. The highest BCUT2D eigenvalue weighted by Crippen LogP contribution is 2.41. The molecule has 3 atom stereocenters. The molecule has 0 saturated carbocycles. The number of ether oxygens (including phenoxy) is 3. The molecule has 12 heteroatoms. The number of aryl methyl sites for hydroxylation is 1.